The van der Waals surface area contributed by atoms with E-state index in [1.807, 2.05) is 55.5 Å². The van der Waals surface area contributed by atoms with E-state index in [0.717, 1.165) is 22.8 Å². The normalized spacial score (nSPS) is 10.2. The minimum Gasteiger partial charge on any atom is -0.494 e. The summed E-state index contributed by atoms with van der Waals surface area (Å²) in [6.45, 7) is 4.04. The lowest BCUT2D eigenvalue weighted by molar-refractivity contribution is 0.215. The van der Waals surface area contributed by atoms with E-state index in [-0.39, 0.29) is 0 Å². The zero-order valence-electron chi connectivity index (χ0n) is 12.2. The van der Waals surface area contributed by atoms with Crippen molar-refractivity contribution >= 4 is 0 Å². The Morgan fingerprint density at radius 2 is 1.43 bits per heavy atom. The van der Waals surface area contributed by atoms with E-state index >= 15 is 0 Å². The standard InChI is InChI=1S/C17H21NO3/c1-2-19-15-7-9-16(10-8-15)20-11-12-21-17-6-4-3-5-14(17)13-18/h3-10H,2,11-13,18H2,1H3. The Morgan fingerprint density at radius 1 is 0.810 bits per heavy atom. The monoisotopic (exact) mass is 287 g/mol. The van der Waals surface area contributed by atoms with E-state index in [1.54, 1.807) is 0 Å². The average molecular weight is 287 g/mol. The highest BCUT2D eigenvalue weighted by Crippen LogP contribution is 2.18. The highest BCUT2D eigenvalue weighted by atomic mass is 16.5. The van der Waals surface area contributed by atoms with Crippen LogP contribution < -0.4 is 19.9 Å². The first kappa shape index (κ1) is 15.2. The van der Waals surface area contributed by atoms with E-state index in [1.165, 1.54) is 0 Å². The van der Waals surface area contributed by atoms with Crippen molar-refractivity contribution in [1.29, 1.82) is 0 Å². The number of hydrogen-bond acceptors (Lipinski definition) is 4. The SMILES string of the molecule is CCOc1ccc(OCCOc2ccccc2CN)cc1. The third kappa shape index (κ3) is 4.68. The fourth-order valence-electron chi connectivity index (χ4n) is 1.92. The number of rotatable bonds is 8. The molecule has 0 aliphatic rings. The Kier molecular flexibility index (Phi) is 5.91. The Bertz CT molecular complexity index is 540. The molecule has 0 aliphatic heterocycles. The van der Waals surface area contributed by atoms with Gasteiger partial charge in [0.15, 0.2) is 0 Å². The predicted molar refractivity (Wildman–Crippen MR) is 82.9 cm³/mol. The average Bonchev–Trinajstić information content (AvgIpc) is 2.54. The third-order valence-corrected chi connectivity index (χ3v) is 2.94. The molecule has 21 heavy (non-hydrogen) atoms. The van der Waals surface area contributed by atoms with Gasteiger partial charge in [0.2, 0.25) is 0 Å². The molecule has 0 aliphatic carbocycles. The van der Waals surface area contributed by atoms with Gasteiger partial charge in [0, 0.05) is 12.1 Å². The lowest BCUT2D eigenvalue weighted by Crippen LogP contribution is -2.10. The smallest absolute Gasteiger partial charge is 0.123 e. The second-order valence-electron chi connectivity index (χ2n) is 4.41. The van der Waals surface area contributed by atoms with Gasteiger partial charge < -0.3 is 19.9 Å². The highest BCUT2D eigenvalue weighted by Gasteiger charge is 2.01. The van der Waals surface area contributed by atoms with Crippen molar-refractivity contribution in [2.75, 3.05) is 19.8 Å². The van der Waals surface area contributed by atoms with Gasteiger partial charge >= 0.3 is 0 Å². The first-order chi connectivity index (χ1) is 10.3. The molecule has 0 amide bonds. The quantitative estimate of drug-likeness (QED) is 0.758. The van der Waals surface area contributed by atoms with Crippen molar-refractivity contribution in [3.8, 4) is 17.2 Å². The second kappa shape index (κ2) is 8.17. The Balaban J connectivity index is 1.76. The molecule has 2 N–H and O–H groups in total. The van der Waals surface area contributed by atoms with E-state index in [0.29, 0.717) is 26.4 Å². The summed E-state index contributed by atoms with van der Waals surface area (Å²) in [7, 11) is 0. The number of hydrogen-bond donors (Lipinski definition) is 1. The number of nitrogens with two attached hydrogens (primary N) is 1. The van der Waals surface area contributed by atoms with Gasteiger partial charge in [-0.3, -0.25) is 0 Å². The molecule has 0 aromatic heterocycles. The predicted octanol–water partition coefficient (Wildman–Crippen LogP) is 3.00. The maximum Gasteiger partial charge on any atom is 0.123 e. The van der Waals surface area contributed by atoms with E-state index in [2.05, 4.69) is 0 Å². The van der Waals surface area contributed by atoms with Crippen molar-refractivity contribution < 1.29 is 14.2 Å². The lowest BCUT2D eigenvalue weighted by Gasteiger charge is -2.11. The maximum absolute atomic E-state index is 5.68. The van der Waals surface area contributed by atoms with Gasteiger partial charge in [0.1, 0.15) is 30.5 Å². The summed E-state index contributed by atoms with van der Waals surface area (Å²) in [6, 6.07) is 15.3. The Hall–Kier alpha value is -2.20. The van der Waals surface area contributed by atoms with Crippen molar-refractivity contribution in [3.05, 3.63) is 54.1 Å². The lowest BCUT2D eigenvalue weighted by atomic mass is 10.2. The van der Waals surface area contributed by atoms with Crippen LogP contribution in [0.5, 0.6) is 17.2 Å². The number of para-hydroxylation sites is 1. The van der Waals surface area contributed by atoms with Crippen LogP contribution in [0.2, 0.25) is 0 Å². The van der Waals surface area contributed by atoms with Gasteiger partial charge in [-0.2, -0.15) is 0 Å². The summed E-state index contributed by atoms with van der Waals surface area (Å²) in [5.74, 6) is 2.46. The van der Waals surface area contributed by atoms with Gasteiger partial charge in [-0.1, -0.05) is 18.2 Å². The summed E-state index contributed by atoms with van der Waals surface area (Å²) >= 11 is 0. The fourth-order valence-corrected chi connectivity index (χ4v) is 1.92. The molecule has 112 valence electrons. The molecule has 0 bridgehead atoms. The molecule has 2 aromatic carbocycles. The zero-order valence-corrected chi connectivity index (χ0v) is 12.2. The first-order valence-electron chi connectivity index (χ1n) is 7.10. The van der Waals surface area contributed by atoms with Crippen molar-refractivity contribution in [2.45, 2.75) is 13.5 Å². The topological polar surface area (TPSA) is 53.7 Å². The van der Waals surface area contributed by atoms with Gasteiger partial charge in [-0.05, 0) is 37.3 Å². The highest BCUT2D eigenvalue weighted by molar-refractivity contribution is 5.33. The van der Waals surface area contributed by atoms with Crippen LogP contribution in [0, 0.1) is 0 Å². The van der Waals surface area contributed by atoms with E-state index in [4.69, 9.17) is 19.9 Å². The number of benzene rings is 2. The fraction of sp³-hybridized carbons (Fsp3) is 0.294. The molecular weight excluding hydrogens is 266 g/mol. The first-order valence-corrected chi connectivity index (χ1v) is 7.10. The minimum absolute atomic E-state index is 0.468. The van der Waals surface area contributed by atoms with Crippen molar-refractivity contribution in [2.24, 2.45) is 5.73 Å². The van der Waals surface area contributed by atoms with Crippen LogP contribution in [0.3, 0.4) is 0 Å². The Labute approximate surface area is 125 Å². The summed E-state index contributed by atoms with van der Waals surface area (Å²) < 4.78 is 16.7. The summed E-state index contributed by atoms with van der Waals surface area (Å²) in [4.78, 5) is 0. The van der Waals surface area contributed by atoms with Crippen LogP contribution in [0.25, 0.3) is 0 Å². The number of ether oxygens (including phenoxy) is 3. The van der Waals surface area contributed by atoms with Crippen LogP contribution in [0.15, 0.2) is 48.5 Å². The molecule has 4 nitrogen and oxygen atoms in total. The summed E-state index contributed by atoms with van der Waals surface area (Å²) in [5.41, 5.74) is 6.66. The minimum atomic E-state index is 0.468. The van der Waals surface area contributed by atoms with Crippen LogP contribution >= 0.6 is 0 Å². The van der Waals surface area contributed by atoms with Gasteiger partial charge in [-0.15, -0.1) is 0 Å². The second-order valence-corrected chi connectivity index (χ2v) is 4.41. The van der Waals surface area contributed by atoms with Gasteiger partial charge in [-0.25, -0.2) is 0 Å². The molecular formula is C17H21NO3. The molecule has 0 heterocycles. The molecule has 0 unspecified atom stereocenters. The largest absolute Gasteiger partial charge is 0.494 e. The van der Waals surface area contributed by atoms with Crippen LogP contribution in [0.1, 0.15) is 12.5 Å². The molecule has 0 saturated heterocycles. The van der Waals surface area contributed by atoms with E-state index in [9.17, 15) is 0 Å². The van der Waals surface area contributed by atoms with Crippen molar-refractivity contribution in [3.63, 3.8) is 0 Å². The third-order valence-electron chi connectivity index (χ3n) is 2.94. The molecule has 0 atom stereocenters. The maximum atomic E-state index is 5.68. The molecule has 2 aromatic rings. The molecule has 2 rings (SSSR count). The van der Waals surface area contributed by atoms with Gasteiger partial charge in [0.05, 0.1) is 6.61 Å². The molecule has 0 fully saturated rings. The molecule has 0 spiro atoms. The zero-order chi connectivity index (χ0) is 14.9. The Morgan fingerprint density at radius 3 is 2.10 bits per heavy atom. The van der Waals surface area contributed by atoms with Crippen LogP contribution in [-0.2, 0) is 6.54 Å². The van der Waals surface area contributed by atoms with Crippen LogP contribution in [-0.4, -0.2) is 19.8 Å². The van der Waals surface area contributed by atoms with E-state index < -0.39 is 0 Å². The van der Waals surface area contributed by atoms with Crippen molar-refractivity contribution in [1.82, 2.24) is 0 Å². The van der Waals surface area contributed by atoms with Gasteiger partial charge in [0.25, 0.3) is 0 Å². The molecule has 0 saturated carbocycles. The molecule has 4 heteroatoms. The summed E-state index contributed by atoms with van der Waals surface area (Å²) in [6.07, 6.45) is 0. The summed E-state index contributed by atoms with van der Waals surface area (Å²) in [5, 5.41) is 0. The van der Waals surface area contributed by atoms with Crippen LogP contribution in [0.4, 0.5) is 0 Å². The molecule has 0 radical (unpaired) electrons.